The largest absolute Gasteiger partial charge is 0.370 e. The van der Waals surface area contributed by atoms with Crippen LogP contribution in [0.4, 0.5) is 0 Å². The maximum atomic E-state index is 13.8. The molecule has 1 heterocycles. The van der Waals surface area contributed by atoms with Gasteiger partial charge in [0.1, 0.15) is 18.1 Å². The van der Waals surface area contributed by atoms with Gasteiger partial charge in [0, 0.05) is 31.0 Å². The number of rotatable bonds is 12. The summed E-state index contributed by atoms with van der Waals surface area (Å²) >= 11 is 0. The van der Waals surface area contributed by atoms with Crippen LogP contribution in [0, 0.1) is 0 Å². The Morgan fingerprint density at radius 1 is 0.783 bits per heavy atom. The van der Waals surface area contributed by atoms with Gasteiger partial charge in [0.15, 0.2) is 11.9 Å². The molecule has 1 aliphatic heterocycles. The first kappa shape index (κ1) is 36.3. The highest BCUT2D eigenvalue weighted by Gasteiger charge is 2.31. The predicted octanol–water partition coefficient (Wildman–Crippen LogP) is -1.61. The number of nitrogens with two attached hydrogens (primary N) is 5. The van der Waals surface area contributed by atoms with Crippen molar-refractivity contribution in [2.45, 2.75) is 49.9 Å². The SMILES string of the molecule is NC(=O)[C@H]1CSSC[C@H](NCCCN=C(N)N)C(=O)N[C@@H](CCCN=C(N)N)C(=O)N[C@@H](Cc2ccc3ccccc3c2)C(=O)N1. The molecule has 46 heavy (non-hydrogen) atoms. The number of guanidine groups is 2. The van der Waals surface area contributed by atoms with Crippen LogP contribution >= 0.6 is 21.6 Å². The molecular weight excluding hydrogens is 631 g/mol. The first-order chi connectivity index (χ1) is 22.0. The summed E-state index contributed by atoms with van der Waals surface area (Å²) in [5.74, 6) is -1.91. The van der Waals surface area contributed by atoms with Crippen molar-refractivity contribution >= 4 is 67.9 Å². The molecule has 17 heteroatoms. The number of carbonyl (C=O) groups excluding carboxylic acids is 4. The Hall–Kier alpha value is -4.22. The van der Waals surface area contributed by atoms with Gasteiger partial charge in [0.05, 0.1) is 6.04 Å². The van der Waals surface area contributed by atoms with E-state index in [4.69, 9.17) is 28.7 Å². The molecule has 0 unspecified atom stereocenters. The Labute approximate surface area is 275 Å². The Morgan fingerprint density at radius 3 is 2.11 bits per heavy atom. The van der Waals surface area contributed by atoms with E-state index in [1.807, 2.05) is 42.5 Å². The smallest absolute Gasteiger partial charge is 0.243 e. The lowest BCUT2D eigenvalue weighted by Crippen LogP contribution is -2.59. The van der Waals surface area contributed by atoms with Crippen molar-refractivity contribution in [3.8, 4) is 0 Å². The lowest BCUT2D eigenvalue weighted by Gasteiger charge is -2.27. The fourth-order valence-electron chi connectivity index (χ4n) is 4.62. The average molecular weight is 674 g/mol. The third-order valence-corrected chi connectivity index (χ3v) is 9.44. The van der Waals surface area contributed by atoms with E-state index >= 15 is 0 Å². The molecule has 2 aromatic rings. The molecule has 0 saturated carbocycles. The molecule has 0 aromatic heterocycles. The molecule has 4 atom stereocenters. The van der Waals surface area contributed by atoms with E-state index in [-0.39, 0.29) is 37.1 Å². The maximum Gasteiger partial charge on any atom is 0.243 e. The van der Waals surface area contributed by atoms with Gasteiger partial charge in [0.2, 0.25) is 23.6 Å². The van der Waals surface area contributed by atoms with Crippen molar-refractivity contribution in [3.05, 3.63) is 48.0 Å². The molecule has 3 rings (SSSR count). The van der Waals surface area contributed by atoms with Gasteiger partial charge in [-0.1, -0.05) is 64.1 Å². The molecule has 0 radical (unpaired) electrons. The van der Waals surface area contributed by atoms with E-state index in [1.165, 1.54) is 21.6 Å². The van der Waals surface area contributed by atoms with E-state index in [0.717, 1.165) is 16.3 Å². The highest BCUT2D eigenvalue weighted by Crippen LogP contribution is 2.24. The fraction of sp³-hybridized carbons (Fsp3) is 0.448. The first-order valence-electron chi connectivity index (χ1n) is 14.8. The first-order valence-corrected chi connectivity index (χ1v) is 17.3. The van der Waals surface area contributed by atoms with Crippen LogP contribution in [-0.4, -0.2) is 90.9 Å². The van der Waals surface area contributed by atoms with Crippen LogP contribution in [0.25, 0.3) is 10.8 Å². The molecule has 1 fully saturated rings. The van der Waals surface area contributed by atoms with Gasteiger partial charge in [-0.25, -0.2) is 0 Å². The summed E-state index contributed by atoms with van der Waals surface area (Å²) in [5, 5.41) is 13.6. The van der Waals surface area contributed by atoms with Gasteiger partial charge in [-0.3, -0.25) is 29.2 Å². The molecule has 2 aromatic carbocycles. The molecule has 1 aliphatic rings. The highest BCUT2D eigenvalue weighted by molar-refractivity contribution is 8.76. The van der Waals surface area contributed by atoms with Crippen LogP contribution in [-0.2, 0) is 25.6 Å². The molecule has 0 aliphatic carbocycles. The standard InChI is InChI=1S/C29H43N11O4S2/c30-24(41)22-15-45-46-16-23(35-11-4-12-37-29(33)34)27(44)38-20(7-3-10-36-28(31)32)25(42)39-21(26(43)40-22)14-17-8-9-18-5-1-2-6-19(18)13-17/h1-2,5-6,8-9,13,20-23,35H,3-4,7,10-12,14-16H2,(H2,30,41)(H,38,44)(H,39,42)(H,40,43)(H4,31,32,36)(H4,33,34,37)/t20-,21-,22+,23-/m0/s1. The zero-order chi connectivity index (χ0) is 33.5. The van der Waals surface area contributed by atoms with Gasteiger partial charge < -0.3 is 49.9 Å². The number of hydrogen-bond acceptors (Lipinski definition) is 9. The number of hydrogen-bond donors (Lipinski definition) is 9. The maximum absolute atomic E-state index is 13.8. The van der Waals surface area contributed by atoms with Gasteiger partial charge in [0.25, 0.3) is 0 Å². The van der Waals surface area contributed by atoms with E-state index in [1.54, 1.807) is 0 Å². The van der Waals surface area contributed by atoms with Crippen LogP contribution in [0.5, 0.6) is 0 Å². The predicted molar refractivity (Wildman–Crippen MR) is 185 cm³/mol. The second-order valence-corrected chi connectivity index (χ2v) is 13.2. The summed E-state index contributed by atoms with van der Waals surface area (Å²) in [5.41, 5.74) is 28.1. The lowest BCUT2D eigenvalue weighted by atomic mass is 10.00. The fourth-order valence-corrected chi connectivity index (χ4v) is 6.99. The summed E-state index contributed by atoms with van der Waals surface area (Å²) < 4.78 is 0. The minimum Gasteiger partial charge on any atom is -0.370 e. The minimum atomic E-state index is -1.07. The number of nitrogens with zero attached hydrogens (tertiary/aromatic N) is 2. The number of fused-ring (bicyclic) bond motifs is 1. The molecule has 15 nitrogen and oxygen atoms in total. The van der Waals surface area contributed by atoms with Crippen molar-refractivity contribution in [2.24, 2.45) is 38.7 Å². The number of aliphatic imine (C=N–C) groups is 2. The summed E-state index contributed by atoms with van der Waals surface area (Å²) in [4.78, 5) is 61.1. The van der Waals surface area contributed by atoms with Crippen LogP contribution in [0.15, 0.2) is 52.4 Å². The Kier molecular flexibility index (Phi) is 14.7. The Morgan fingerprint density at radius 2 is 1.41 bits per heavy atom. The van der Waals surface area contributed by atoms with E-state index < -0.39 is 47.8 Å². The molecule has 250 valence electrons. The van der Waals surface area contributed by atoms with Crippen molar-refractivity contribution in [1.29, 1.82) is 0 Å². The lowest BCUT2D eigenvalue weighted by molar-refractivity contribution is -0.133. The van der Waals surface area contributed by atoms with Crippen molar-refractivity contribution in [3.63, 3.8) is 0 Å². The van der Waals surface area contributed by atoms with E-state index in [2.05, 4.69) is 31.3 Å². The van der Waals surface area contributed by atoms with Crippen molar-refractivity contribution < 1.29 is 19.2 Å². The average Bonchev–Trinajstić information content (AvgIpc) is 3.01. The second-order valence-electron chi connectivity index (χ2n) is 10.7. The summed E-state index contributed by atoms with van der Waals surface area (Å²) in [6.07, 6.45) is 1.27. The molecule has 0 bridgehead atoms. The van der Waals surface area contributed by atoms with Crippen LogP contribution in [0.1, 0.15) is 24.8 Å². The second kappa shape index (κ2) is 18.7. The van der Waals surface area contributed by atoms with Crippen molar-refractivity contribution in [2.75, 3.05) is 31.1 Å². The van der Waals surface area contributed by atoms with Gasteiger partial charge in [-0.15, -0.1) is 0 Å². The molecule has 0 spiro atoms. The van der Waals surface area contributed by atoms with Crippen LogP contribution in [0.2, 0.25) is 0 Å². The van der Waals surface area contributed by atoms with E-state index in [9.17, 15) is 19.2 Å². The quantitative estimate of drug-likeness (QED) is 0.0535. The van der Waals surface area contributed by atoms with Crippen LogP contribution in [0.3, 0.4) is 0 Å². The number of amides is 4. The Balaban J connectivity index is 1.87. The zero-order valence-electron chi connectivity index (χ0n) is 25.4. The van der Waals surface area contributed by atoms with E-state index in [0.29, 0.717) is 31.7 Å². The van der Waals surface area contributed by atoms with Crippen molar-refractivity contribution in [1.82, 2.24) is 21.3 Å². The normalized spacial score (nSPS) is 21.3. The molecule has 14 N–H and O–H groups in total. The summed E-state index contributed by atoms with van der Waals surface area (Å²) in [6.45, 7) is 1.04. The summed E-state index contributed by atoms with van der Waals surface area (Å²) in [7, 11) is 2.63. The third-order valence-electron chi connectivity index (χ3n) is 7.01. The minimum absolute atomic E-state index is 0.0210. The van der Waals surface area contributed by atoms with Gasteiger partial charge in [-0.05, 0) is 42.1 Å². The molecular formula is C29H43N11O4S2. The van der Waals surface area contributed by atoms with Crippen LogP contribution < -0.4 is 49.9 Å². The number of benzene rings is 2. The number of carbonyl (C=O) groups is 4. The molecule has 4 amide bonds. The highest BCUT2D eigenvalue weighted by atomic mass is 33.1. The third kappa shape index (κ3) is 12.3. The zero-order valence-corrected chi connectivity index (χ0v) is 27.1. The number of nitrogens with one attached hydrogen (secondary N) is 4. The topological polar surface area (TPSA) is 271 Å². The summed E-state index contributed by atoms with van der Waals surface area (Å²) in [6, 6.07) is 9.76. The monoisotopic (exact) mass is 673 g/mol. The van der Waals surface area contributed by atoms with Gasteiger partial charge in [-0.2, -0.15) is 0 Å². The molecule has 1 saturated heterocycles. The Bertz CT molecular complexity index is 1420. The van der Waals surface area contributed by atoms with Gasteiger partial charge >= 0.3 is 0 Å². The number of primary amides is 1.